The summed E-state index contributed by atoms with van der Waals surface area (Å²) in [6.45, 7) is 0. The largest absolute Gasteiger partial charge is 0.506 e. The van der Waals surface area contributed by atoms with E-state index in [4.69, 9.17) is 23.2 Å². The second-order valence-corrected chi connectivity index (χ2v) is 6.19. The molecule has 4 nitrogen and oxygen atoms in total. The number of nitrogens with one attached hydrogen (secondary N) is 1. The third-order valence-electron chi connectivity index (χ3n) is 2.33. The Kier molecular flexibility index (Phi) is 3.89. The van der Waals surface area contributed by atoms with Crippen molar-refractivity contribution in [2.75, 3.05) is 4.72 Å². The van der Waals surface area contributed by atoms with E-state index >= 15 is 0 Å². The van der Waals surface area contributed by atoms with Gasteiger partial charge in [-0.25, -0.2) is 8.42 Å². The second kappa shape index (κ2) is 5.28. The van der Waals surface area contributed by atoms with E-state index in [1.165, 1.54) is 30.3 Å². The van der Waals surface area contributed by atoms with E-state index in [0.717, 1.165) is 0 Å². The van der Waals surface area contributed by atoms with E-state index < -0.39 is 10.0 Å². The van der Waals surface area contributed by atoms with Crippen LogP contribution in [0, 0.1) is 0 Å². The van der Waals surface area contributed by atoms with Gasteiger partial charge in [-0.15, -0.1) is 0 Å². The fourth-order valence-corrected chi connectivity index (χ4v) is 3.21. The normalized spacial score (nSPS) is 11.3. The highest BCUT2D eigenvalue weighted by Crippen LogP contribution is 2.30. The molecular weight excluding hydrogens is 309 g/mol. The lowest BCUT2D eigenvalue weighted by Gasteiger charge is -2.10. The standard InChI is InChI=1S/C12H9Cl2NO3S/c13-8-5-6-10(11(16)7-8)15-19(17,18)12-4-2-1-3-9(12)14/h1-7,15-16H. The van der Waals surface area contributed by atoms with Gasteiger partial charge in [0.1, 0.15) is 10.6 Å². The molecule has 0 saturated carbocycles. The number of rotatable bonds is 3. The Bertz CT molecular complexity index is 717. The molecule has 2 aromatic rings. The number of hydrogen-bond acceptors (Lipinski definition) is 3. The molecule has 0 radical (unpaired) electrons. The van der Waals surface area contributed by atoms with Gasteiger partial charge in [0, 0.05) is 11.1 Å². The fraction of sp³-hybridized carbons (Fsp3) is 0. The lowest BCUT2D eigenvalue weighted by molar-refractivity contribution is 0.477. The Labute approximate surface area is 120 Å². The first-order valence-electron chi connectivity index (χ1n) is 5.16. The highest BCUT2D eigenvalue weighted by Gasteiger charge is 2.18. The number of phenolic OH excluding ortho intramolecular Hbond substituents is 1. The number of benzene rings is 2. The molecule has 0 unspecified atom stereocenters. The molecule has 0 aromatic heterocycles. The zero-order valence-corrected chi connectivity index (χ0v) is 11.8. The van der Waals surface area contributed by atoms with Crippen LogP contribution in [-0.4, -0.2) is 13.5 Å². The van der Waals surface area contributed by atoms with Gasteiger partial charge in [0.05, 0.1) is 10.7 Å². The van der Waals surface area contributed by atoms with E-state index in [9.17, 15) is 13.5 Å². The van der Waals surface area contributed by atoms with Crippen LogP contribution < -0.4 is 4.72 Å². The van der Waals surface area contributed by atoms with Crippen molar-refractivity contribution in [1.29, 1.82) is 0 Å². The molecule has 0 heterocycles. The van der Waals surface area contributed by atoms with E-state index in [0.29, 0.717) is 5.02 Å². The van der Waals surface area contributed by atoms with Crippen LogP contribution in [0.4, 0.5) is 5.69 Å². The molecule has 100 valence electrons. The van der Waals surface area contributed by atoms with Crippen LogP contribution in [0.3, 0.4) is 0 Å². The minimum absolute atomic E-state index is 0.0318. The lowest BCUT2D eigenvalue weighted by atomic mass is 10.3. The van der Waals surface area contributed by atoms with Gasteiger partial charge in [-0.3, -0.25) is 4.72 Å². The Morgan fingerprint density at radius 2 is 1.74 bits per heavy atom. The van der Waals surface area contributed by atoms with Crippen LogP contribution in [0.2, 0.25) is 10.0 Å². The Balaban J connectivity index is 2.40. The molecule has 0 fully saturated rings. The average molecular weight is 318 g/mol. The Morgan fingerprint density at radius 3 is 2.37 bits per heavy atom. The summed E-state index contributed by atoms with van der Waals surface area (Å²) in [7, 11) is -3.86. The zero-order chi connectivity index (χ0) is 14.0. The van der Waals surface area contributed by atoms with Crippen molar-refractivity contribution < 1.29 is 13.5 Å². The topological polar surface area (TPSA) is 66.4 Å². The first kappa shape index (κ1) is 14.0. The maximum atomic E-state index is 12.1. The summed E-state index contributed by atoms with van der Waals surface area (Å²) in [5.41, 5.74) is 0.0318. The predicted molar refractivity (Wildman–Crippen MR) is 75.4 cm³/mol. The second-order valence-electron chi connectivity index (χ2n) is 3.70. The van der Waals surface area contributed by atoms with Gasteiger partial charge < -0.3 is 5.11 Å². The summed E-state index contributed by atoms with van der Waals surface area (Å²) in [5, 5.41) is 10.0. The van der Waals surface area contributed by atoms with Gasteiger partial charge in [0.2, 0.25) is 0 Å². The number of anilines is 1. The van der Waals surface area contributed by atoms with Gasteiger partial charge in [-0.1, -0.05) is 35.3 Å². The number of aromatic hydroxyl groups is 1. The quantitative estimate of drug-likeness (QED) is 0.851. The van der Waals surface area contributed by atoms with E-state index in [-0.39, 0.29) is 21.4 Å². The SMILES string of the molecule is O=S(=O)(Nc1ccc(Cl)cc1O)c1ccccc1Cl. The molecule has 0 aliphatic heterocycles. The molecule has 0 spiro atoms. The van der Waals surface area contributed by atoms with Gasteiger partial charge in [-0.2, -0.15) is 0 Å². The van der Waals surface area contributed by atoms with E-state index in [2.05, 4.69) is 4.72 Å². The van der Waals surface area contributed by atoms with Crippen LogP contribution in [0.5, 0.6) is 5.75 Å². The summed E-state index contributed by atoms with van der Waals surface area (Å²) in [6, 6.07) is 10.1. The minimum atomic E-state index is -3.86. The molecule has 2 aromatic carbocycles. The van der Waals surface area contributed by atoms with Crippen LogP contribution >= 0.6 is 23.2 Å². The molecule has 0 amide bonds. The summed E-state index contributed by atoms with van der Waals surface area (Å²) in [5.74, 6) is -0.261. The van der Waals surface area contributed by atoms with E-state index in [1.54, 1.807) is 12.1 Å². The van der Waals surface area contributed by atoms with Crippen LogP contribution in [0.15, 0.2) is 47.4 Å². The first-order chi connectivity index (χ1) is 8.90. The Morgan fingerprint density at radius 1 is 1.05 bits per heavy atom. The molecular formula is C12H9Cl2NO3S. The molecule has 2 N–H and O–H groups in total. The molecule has 19 heavy (non-hydrogen) atoms. The smallest absolute Gasteiger partial charge is 0.263 e. The third kappa shape index (κ3) is 3.12. The maximum absolute atomic E-state index is 12.1. The molecule has 0 aliphatic rings. The van der Waals surface area contributed by atoms with Gasteiger partial charge in [0.15, 0.2) is 0 Å². The zero-order valence-electron chi connectivity index (χ0n) is 9.47. The molecule has 0 aliphatic carbocycles. The molecule has 0 saturated heterocycles. The van der Waals surface area contributed by atoms with Crippen molar-refractivity contribution in [3.63, 3.8) is 0 Å². The summed E-state index contributed by atoms with van der Waals surface area (Å²) in [4.78, 5) is -0.0639. The van der Waals surface area contributed by atoms with Crippen molar-refractivity contribution in [3.8, 4) is 5.75 Å². The number of sulfonamides is 1. The van der Waals surface area contributed by atoms with Crippen molar-refractivity contribution in [3.05, 3.63) is 52.5 Å². The summed E-state index contributed by atoms with van der Waals surface area (Å²) < 4.78 is 26.5. The minimum Gasteiger partial charge on any atom is -0.506 e. The third-order valence-corrected chi connectivity index (χ3v) is 4.43. The number of hydrogen-bond donors (Lipinski definition) is 2. The maximum Gasteiger partial charge on any atom is 0.263 e. The van der Waals surface area contributed by atoms with Crippen molar-refractivity contribution in [2.45, 2.75) is 4.90 Å². The fourth-order valence-electron chi connectivity index (χ4n) is 1.45. The predicted octanol–water partition coefficient (Wildman–Crippen LogP) is 3.50. The summed E-state index contributed by atoms with van der Waals surface area (Å²) in [6.07, 6.45) is 0. The monoisotopic (exact) mass is 317 g/mol. The highest BCUT2D eigenvalue weighted by molar-refractivity contribution is 7.92. The van der Waals surface area contributed by atoms with Gasteiger partial charge in [-0.05, 0) is 24.3 Å². The van der Waals surface area contributed by atoms with Gasteiger partial charge in [0.25, 0.3) is 10.0 Å². The summed E-state index contributed by atoms with van der Waals surface area (Å²) >= 11 is 11.5. The average Bonchev–Trinajstić information content (AvgIpc) is 2.33. The molecule has 0 bridgehead atoms. The molecule has 0 atom stereocenters. The highest BCUT2D eigenvalue weighted by atomic mass is 35.5. The number of halogens is 2. The van der Waals surface area contributed by atoms with Gasteiger partial charge >= 0.3 is 0 Å². The van der Waals surface area contributed by atoms with Crippen LogP contribution in [0.25, 0.3) is 0 Å². The lowest BCUT2D eigenvalue weighted by Crippen LogP contribution is -2.13. The van der Waals surface area contributed by atoms with Crippen LogP contribution in [0.1, 0.15) is 0 Å². The molecule has 2 rings (SSSR count). The molecule has 7 heteroatoms. The van der Waals surface area contributed by atoms with Crippen molar-refractivity contribution in [1.82, 2.24) is 0 Å². The van der Waals surface area contributed by atoms with Crippen molar-refractivity contribution >= 4 is 38.9 Å². The van der Waals surface area contributed by atoms with Crippen molar-refractivity contribution in [2.24, 2.45) is 0 Å². The first-order valence-corrected chi connectivity index (χ1v) is 7.40. The van der Waals surface area contributed by atoms with E-state index in [1.807, 2.05) is 0 Å². The number of phenols is 1. The van der Waals surface area contributed by atoms with Crippen LogP contribution in [-0.2, 0) is 10.0 Å². The Hall–Kier alpha value is -1.43.